The van der Waals surface area contributed by atoms with Gasteiger partial charge in [-0.2, -0.15) is 0 Å². The van der Waals surface area contributed by atoms with Crippen molar-refractivity contribution < 1.29 is 4.74 Å². The molecule has 88 valence electrons. The molecule has 1 atom stereocenters. The summed E-state index contributed by atoms with van der Waals surface area (Å²) in [5.74, 6) is 0.943. The van der Waals surface area contributed by atoms with Gasteiger partial charge in [-0.3, -0.25) is 0 Å². The fourth-order valence-corrected chi connectivity index (χ4v) is 2.44. The molecule has 1 N–H and O–H groups in total. The lowest BCUT2D eigenvalue weighted by molar-refractivity contribution is 0.267. The first-order valence-corrected chi connectivity index (χ1v) is 6.76. The van der Waals surface area contributed by atoms with E-state index in [4.69, 9.17) is 4.74 Å². The van der Waals surface area contributed by atoms with Crippen molar-refractivity contribution in [2.45, 2.75) is 31.7 Å². The van der Waals surface area contributed by atoms with Crippen LogP contribution in [-0.2, 0) is 0 Å². The lowest BCUT2D eigenvalue weighted by Crippen LogP contribution is -2.35. The van der Waals surface area contributed by atoms with Gasteiger partial charge in [0.05, 0.1) is 11.1 Å². The van der Waals surface area contributed by atoms with E-state index in [1.165, 1.54) is 25.8 Å². The van der Waals surface area contributed by atoms with E-state index in [1.54, 1.807) is 0 Å². The molecular weight excluding hydrogens is 266 g/mol. The zero-order chi connectivity index (χ0) is 11.2. The van der Waals surface area contributed by atoms with Gasteiger partial charge in [0, 0.05) is 6.04 Å². The molecule has 1 aliphatic rings. The molecule has 0 aromatic heterocycles. The van der Waals surface area contributed by atoms with Crippen LogP contribution >= 0.6 is 15.9 Å². The average molecular weight is 284 g/mol. The van der Waals surface area contributed by atoms with E-state index >= 15 is 0 Å². The zero-order valence-electron chi connectivity index (χ0n) is 9.42. The van der Waals surface area contributed by atoms with Crippen molar-refractivity contribution in [3.8, 4) is 5.75 Å². The van der Waals surface area contributed by atoms with E-state index < -0.39 is 0 Å². The highest BCUT2D eigenvalue weighted by atomic mass is 79.9. The monoisotopic (exact) mass is 283 g/mol. The second kappa shape index (κ2) is 6.26. The van der Waals surface area contributed by atoms with Gasteiger partial charge in [-0.25, -0.2) is 0 Å². The van der Waals surface area contributed by atoms with E-state index in [0.29, 0.717) is 6.04 Å². The highest BCUT2D eigenvalue weighted by molar-refractivity contribution is 9.10. The van der Waals surface area contributed by atoms with Gasteiger partial charge in [0.1, 0.15) is 5.75 Å². The quantitative estimate of drug-likeness (QED) is 0.915. The minimum Gasteiger partial charge on any atom is -0.492 e. The van der Waals surface area contributed by atoms with Gasteiger partial charge in [-0.05, 0) is 53.9 Å². The molecule has 0 saturated carbocycles. The largest absolute Gasteiger partial charge is 0.492 e. The summed E-state index contributed by atoms with van der Waals surface area (Å²) in [4.78, 5) is 0. The van der Waals surface area contributed by atoms with Crippen molar-refractivity contribution in [3.05, 3.63) is 28.7 Å². The third kappa shape index (κ3) is 3.49. The van der Waals surface area contributed by atoms with Crippen molar-refractivity contribution in [1.82, 2.24) is 5.32 Å². The van der Waals surface area contributed by atoms with E-state index in [9.17, 15) is 0 Å². The van der Waals surface area contributed by atoms with Gasteiger partial charge in [0.2, 0.25) is 0 Å². The number of rotatable bonds is 4. The van der Waals surface area contributed by atoms with E-state index in [-0.39, 0.29) is 0 Å². The Morgan fingerprint density at radius 1 is 1.31 bits per heavy atom. The summed E-state index contributed by atoms with van der Waals surface area (Å²) < 4.78 is 6.79. The predicted octanol–water partition coefficient (Wildman–Crippen LogP) is 3.36. The third-order valence-corrected chi connectivity index (χ3v) is 3.63. The number of hydrogen-bond acceptors (Lipinski definition) is 2. The standard InChI is InChI=1S/C13H18BrNO/c14-12-6-1-2-7-13(12)16-10-8-11-5-3-4-9-15-11/h1-2,6-7,11,15H,3-5,8-10H2/t11-/m1/s1. The number of benzene rings is 1. The smallest absolute Gasteiger partial charge is 0.133 e. The minimum atomic E-state index is 0.649. The fourth-order valence-electron chi connectivity index (χ4n) is 2.04. The second-order valence-corrected chi connectivity index (χ2v) is 5.07. The Balaban J connectivity index is 1.73. The van der Waals surface area contributed by atoms with Gasteiger partial charge >= 0.3 is 0 Å². The fraction of sp³-hybridized carbons (Fsp3) is 0.538. The van der Waals surface area contributed by atoms with Gasteiger partial charge in [-0.15, -0.1) is 0 Å². The Kier molecular flexibility index (Phi) is 4.67. The average Bonchev–Trinajstić information content (AvgIpc) is 2.33. The summed E-state index contributed by atoms with van der Waals surface area (Å²) in [6.45, 7) is 1.96. The molecule has 0 bridgehead atoms. The Labute approximate surface area is 106 Å². The minimum absolute atomic E-state index is 0.649. The molecule has 3 heteroatoms. The van der Waals surface area contributed by atoms with Crippen LogP contribution in [0, 0.1) is 0 Å². The van der Waals surface area contributed by atoms with Crippen molar-refractivity contribution in [1.29, 1.82) is 0 Å². The lowest BCUT2D eigenvalue weighted by atomic mass is 10.0. The molecule has 1 aromatic rings. The van der Waals surface area contributed by atoms with Crippen LogP contribution in [0.5, 0.6) is 5.75 Å². The summed E-state index contributed by atoms with van der Waals surface area (Å²) in [7, 11) is 0. The van der Waals surface area contributed by atoms with Crippen molar-refractivity contribution >= 4 is 15.9 Å². The molecule has 1 heterocycles. The van der Waals surface area contributed by atoms with Crippen LogP contribution in [0.1, 0.15) is 25.7 Å². The van der Waals surface area contributed by atoms with E-state index in [1.807, 2.05) is 24.3 Å². The molecule has 1 aromatic carbocycles. The molecule has 1 aliphatic heterocycles. The molecule has 0 radical (unpaired) electrons. The third-order valence-electron chi connectivity index (χ3n) is 2.97. The van der Waals surface area contributed by atoms with Gasteiger partial charge in [-0.1, -0.05) is 18.6 Å². The number of piperidine rings is 1. The predicted molar refractivity (Wildman–Crippen MR) is 69.9 cm³/mol. The number of halogens is 1. The first-order chi connectivity index (χ1) is 7.86. The molecule has 2 rings (SSSR count). The summed E-state index contributed by atoms with van der Waals surface area (Å²) >= 11 is 3.48. The van der Waals surface area contributed by atoms with Gasteiger partial charge in [0.25, 0.3) is 0 Å². The zero-order valence-corrected chi connectivity index (χ0v) is 11.0. The molecule has 0 aliphatic carbocycles. The van der Waals surface area contributed by atoms with Crippen LogP contribution in [0.2, 0.25) is 0 Å². The first kappa shape index (κ1) is 11.9. The van der Waals surface area contributed by atoms with Crippen LogP contribution in [0.25, 0.3) is 0 Å². The van der Waals surface area contributed by atoms with Crippen molar-refractivity contribution in [2.24, 2.45) is 0 Å². The first-order valence-electron chi connectivity index (χ1n) is 5.97. The van der Waals surface area contributed by atoms with Gasteiger partial charge in [0.15, 0.2) is 0 Å². The summed E-state index contributed by atoms with van der Waals surface area (Å²) in [5, 5.41) is 3.53. The van der Waals surface area contributed by atoms with Crippen LogP contribution in [-0.4, -0.2) is 19.2 Å². The van der Waals surface area contributed by atoms with Crippen molar-refractivity contribution in [2.75, 3.05) is 13.2 Å². The second-order valence-electron chi connectivity index (χ2n) is 4.21. The van der Waals surface area contributed by atoms with Crippen LogP contribution in [0.4, 0.5) is 0 Å². The maximum Gasteiger partial charge on any atom is 0.133 e. The Morgan fingerprint density at radius 3 is 2.94 bits per heavy atom. The molecule has 0 unspecified atom stereocenters. The summed E-state index contributed by atoms with van der Waals surface area (Å²) in [6.07, 6.45) is 5.06. The normalized spacial score (nSPS) is 20.7. The maximum atomic E-state index is 5.75. The molecule has 0 spiro atoms. The Bertz CT molecular complexity index is 323. The highest BCUT2D eigenvalue weighted by Crippen LogP contribution is 2.24. The molecule has 1 saturated heterocycles. The molecular formula is C13H18BrNO. The number of ether oxygens (including phenoxy) is 1. The molecule has 2 nitrogen and oxygen atoms in total. The van der Waals surface area contributed by atoms with E-state index in [2.05, 4.69) is 21.2 Å². The number of hydrogen-bond donors (Lipinski definition) is 1. The summed E-state index contributed by atoms with van der Waals surface area (Å²) in [6, 6.07) is 8.65. The van der Waals surface area contributed by atoms with Crippen LogP contribution in [0.15, 0.2) is 28.7 Å². The maximum absolute atomic E-state index is 5.75. The number of para-hydroxylation sites is 1. The topological polar surface area (TPSA) is 21.3 Å². The Hall–Kier alpha value is -0.540. The van der Waals surface area contributed by atoms with E-state index in [0.717, 1.165) is 23.2 Å². The van der Waals surface area contributed by atoms with Crippen LogP contribution in [0.3, 0.4) is 0 Å². The van der Waals surface area contributed by atoms with Crippen LogP contribution < -0.4 is 10.1 Å². The van der Waals surface area contributed by atoms with Crippen molar-refractivity contribution in [3.63, 3.8) is 0 Å². The van der Waals surface area contributed by atoms with Gasteiger partial charge < -0.3 is 10.1 Å². The summed E-state index contributed by atoms with van der Waals surface area (Å²) in [5.41, 5.74) is 0. The molecule has 0 amide bonds. The molecule has 1 fully saturated rings. The Morgan fingerprint density at radius 2 is 2.19 bits per heavy atom. The number of nitrogens with one attached hydrogen (secondary N) is 1. The SMILES string of the molecule is Brc1ccccc1OCC[C@H]1CCCCN1. The lowest BCUT2D eigenvalue weighted by Gasteiger charge is -2.23. The highest BCUT2D eigenvalue weighted by Gasteiger charge is 2.12. The molecule has 16 heavy (non-hydrogen) atoms.